The largest absolute Gasteiger partial charge is 0.496 e. The van der Waals surface area contributed by atoms with Crippen LogP contribution in [0.4, 0.5) is 5.69 Å². The second-order valence-corrected chi connectivity index (χ2v) is 5.65. The van der Waals surface area contributed by atoms with Gasteiger partial charge in [0.05, 0.1) is 26.3 Å². The minimum absolute atomic E-state index is 0.400. The van der Waals surface area contributed by atoms with Crippen LogP contribution < -0.4 is 14.4 Å². The van der Waals surface area contributed by atoms with E-state index >= 15 is 0 Å². The van der Waals surface area contributed by atoms with Gasteiger partial charge in [-0.05, 0) is 37.1 Å². The van der Waals surface area contributed by atoms with Crippen molar-refractivity contribution in [2.24, 2.45) is 0 Å². The molecule has 0 radical (unpaired) electrons. The van der Waals surface area contributed by atoms with E-state index < -0.39 is 0 Å². The first-order valence-corrected chi connectivity index (χ1v) is 7.43. The van der Waals surface area contributed by atoms with Crippen LogP contribution in [0.25, 0.3) is 0 Å². The number of para-hydroxylation sites is 1. The third kappa shape index (κ3) is 1.67. The van der Waals surface area contributed by atoms with Crippen molar-refractivity contribution in [2.45, 2.75) is 24.9 Å². The molecule has 2 aliphatic rings. The minimum Gasteiger partial charge on any atom is -0.496 e. The van der Waals surface area contributed by atoms with Crippen molar-refractivity contribution in [1.82, 2.24) is 0 Å². The predicted molar refractivity (Wildman–Crippen MR) is 83.2 cm³/mol. The average Bonchev–Trinajstić information content (AvgIpc) is 3.11. The van der Waals surface area contributed by atoms with E-state index in [2.05, 4.69) is 35.2 Å². The molecule has 4 rings (SSSR count). The number of hydrogen-bond donors (Lipinski definition) is 0. The molecular weight excluding hydrogens is 262 g/mol. The van der Waals surface area contributed by atoms with Crippen LogP contribution in [0.1, 0.15) is 36.1 Å². The van der Waals surface area contributed by atoms with Gasteiger partial charge >= 0.3 is 0 Å². The fourth-order valence-electron chi connectivity index (χ4n) is 3.98. The fourth-order valence-corrected chi connectivity index (χ4v) is 3.98. The van der Waals surface area contributed by atoms with Gasteiger partial charge in [0, 0.05) is 16.8 Å². The highest BCUT2D eigenvalue weighted by atomic mass is 16.5. The van der Waals surface area contributed by atoms with E-state index in [-0.39, 0.29) is 0 Å². The zero-order valence-corrected chi connectivity index (χ0v) is 12.4. The monoisotopic (exact) mass is 281 g/mol. The van der Waals surface area contributed by atoms with E-state index in [1.54, 1.807) is 14.2 Å². The zero-order chi connectivity index (χ0) is 14.4. The lowest BCUT2D eigenvalue weighted by Gasteiger charge is -2.25. The first-order valence-electron chi connectivity index (χ1n) is 7.43. The molecule has 2 atom stereocenters. The standard InChI is InChI=1S/C18H19NO2/c1-20-15-10-11-16(21-2)18-14-9-8-13(17(15)18)19(14)12-6-4-3-5-7-12/h3-7,10-11,13-14H,8-9H2,1-2H3. The quantitative estimate of drug-likeness (QED) is 0.845. The Kier molecular flexibility index (Phi) is 2.81. The molecule has 2 heterocycles. The molecular formula is C18H19NO2. The molecule has 2 aliphatic heterocycles. The number of fused-ring (bicyclic) bond motifs is 5. The van der Waals surface area contributed by atoms with Crippen molar-refractivity contribution in [3.63, 3.8) is 0 Å². The van der Waals surface area contributed by atoms with Gasteiger partial charge in [-0.3, -0.25) is 0 Å². The lowest BCUT2D eigenvalue weighted by molar-refractivity contribution is 0.391. The molecule has 0 saturated carbocycles. The first kappa shape index (κ1) is 12.6. The molecule has 0 aromatic heterocycles. The van der Waals surface area contributed by atoms with Crippen LogP contribution in [0, 0.1) is 0 Å². The lowest BCUT2D eigenvalue weighted by Crippen LogP contribution is -2.18. The van der Waals surface area contributed by atoms with Gasteiger partial charge in [0.25, 0.3) is 0 Å². The Bertz CT molecular complexity index is 629. The third-order valence-electron chi connectivity index (χ3n) is 4.75. The number of benzene rings is 2. The first-order chi connectivity index (χ1) is 10.3. The molecule has 1 fully saturated rings. The van der Waals surface area contributed by atoms with Crippen LogP contribution in [0.2, 0.25) is 0 Å². The Labute approximate surface area is 125 Å². The number of methoxy groups -OCH3 is 2. The molecule has 2 unspecified atom stereocenters. The van der Waals surface area contributed by atoms with Gasteiger partial charge in [-0.25, -0.2) is 0 Å². The van der Waals surface area contributed by atoms with Crippen molar-refractivity contribution >= 4 is 5.69 Å². The van der Waals surface area contributed by atoms with E-state index in [1.165, 1.54) is 29.7 Å². The molecule has 0 N–H and O–H groups in total. The SMILES string of the molecule is COc1ccc(OC)c2c1C1CCC2N1c1ccccc1. The summed E-state index contributed by atoms with van der Waals surface area (Å²) in [7, 11) is 3.50. The van der Waals surface area contributed by atoms with Crippen LogP contribution in [0.3, 0.4) is 0 Å². The van der Waals surface area contributed by atoms with E-state index in [4.69, 9.17) is 9.47 Å². The molecule has 3 nitrogen and oxygen atoms in total. The van der Waals surface area contributed by atoms with E-state index in [1.807, 2.05) is 12.1 Å². The second kappa shape index (κ2) is 4.69. The summed E-state index contributed by atoms with van der Waals surface area (Å²) < 4.78 is 11.2. The summed E-state index contributed by atoms with van der Waals surface area (Å²) >= 11 is 0. The van der Waals surface area contributed by atoms with E-state index in [0.717, 1.165) is 11.5 Å². The van der Waals surface area contributed by atoms with Gasteiger partial charge in [-0.15, -0.1) is 0 Å². The fraction of sp³-hybridized carbons (Fsp3) is 0.333. The zero-order valence-electron chi connectivity index (χ0n) is 12.4. The van der Waals surface area contributed by atoms with Gasteiger partial charge in [0.2, 0.25) is 0 Å². The highest BCUT2D eigenvalue weighted by Gasteiger charge is 2.47. The number of hydrogen-bond acceptors (Lipinski definition) is 3. The normalized spacial score (nSPS) is 22.3. The smallest absolute Gasteiger partial charge is 0.124 e. The van der Waals surface area contributed by atoms with Crippen LogP contribution in [0.5, 0.6) is 11.5 Å². The van der Waals surface area contributed by atoms with Gasteiger partial charge in [0.1, 0.15) is 11.5 Å². The van der Waals surface area contributed by atoms with Crippen molar-refractivity contribution < 1.29 is 9.47 Å². The molecule has 3 heteroatoms. The Morgan fingerprint density at radius 1 is 0.810 bits per heavy atom. The molecule has 0 spiro atoms. The maximum absolute atomic E-state index is 5.61. The van der Waals surface area contributed by atoms with Crippen molar-refractivity contribution in [2.75, 3.05) is 19.1 Å². The van der Waals surface area contributed by atoms with Crippen molar-refractivity contribution in [3.05, 3.63) is 53.6 Å². The van der Waals surface area contributed by atoms with Crippen molar-refractivity contribution in [3.8, 4) is 11.5 Å². The van der Waals surface area contributed by atoms with Gasteiger partial charge < -0.3 is 14.4 Å². The number of anilines is 1. The lowest BCUT2D eigenvalue weighted by atomic mass is 9.90. The van der Waals surface area contributed by atoms with Crippen LogP contribution in [0.15, 0.2) is 42.5 Å². The summed E-state index contributed by atoms with van der Waals surface area (Å²) in [6, 6.07) is 15.5. The average molecular weight is 281 g/mol. The summed E-state index contributed by atoms with van der Waals surface area (Å²) in [5.74, 6) is 1.97. The maximum Gasteiger partial charge on any atom is 0.124 e. The summed E-state index contributed by atoms with van der Waals surface area (Å²) in [5, 5.41) is 0. The number of rotatable bonds is 3. The molecule has 2 bridgehead atoms. The maximum atomic E-state index is 5.61. The molecule has 2 aromatic carbocycles. The molecule has 0 amide bonds. The van der Waals surface area contributed by atoms with Gasteiger partial charge in [-0.2, -0.15) is 0 Å². The Hall–Kier alpha value is -2.16. The Morgan fingerprint density at radius 3 is 1.81 bits per heavy atom. The second-order valence-electron chi connectivity index (χ2n) is 5.65. The van der Waals surface area contributed by atoms with Crippen molar-refractivity contribution in [1.29, 1.82) is 0 Å². The molecule has 1 saturated heterocycles. The molecule has 2 aromatic rings. The van der Waals surface area contributed by atoms with Gasteiger partial charge in [0.15, 0.2) is 0 Å². The van der Waals surface area contributed by atoms with E-state index in [0.29, 0.717) is 12.1 Å². The Morgan fingerprint density at radius 2 is 1.33 bits per heavy atom. The number of nitrogens with zero attached hydrogens (tertiary/aromatic N) is 1. The molecule has 21 heavy (non-hydrogen) atoms. The summed E-state index contributed by atoms with van der Waals surface area (Å²) in [6.45, 7) is 0. The predicted octanol–water partition coefficient (Wildman–Crippen LogP) is 4.10. The van der Waals surface area contributed by atoms with Crippen LogP contribution in [-0.2, 0) is 0 Å². The highest BCUT2D eigenvalue weighted by molar-refractivity contribution is 5.66. The summed E-state index contributed by atoms with van der Waals surface area (Å²) in [6.07, 6.45) is 2.35. The summed E-state index contributed by atoms with van der Waals surface area (Å²) in [5.41, 5.74) is 3.92. The third-order valence-corrected chi connectivity index (χ3v) is 4.75. The van der Waals surface area contributed by atoms with E-state index in [9.17, 15) is 0 Å². The molecule has 0 aliphatic carbocycles. The summed E-state index contributed by atoms with van der Waals surface area (Å²) in [4.78, 5) is 2.52. The van der Waals surface area contributed by atoms with Crippen LogP contribution in [-0.4, -0.2) is 14.2 Å². The topological polar surface area (TPSA) is 21.7 Å². The Balaban J connectivity index is 1.88. The highest BCUT2D eigenvalue weighted by Crippen LogP contribution is 2.59. The minimum atomic E-state index is 0.400. The number of ether oxygens (including phenoxy) is 2. The van der Waals surface area contributed by atoms with Gasteiger partial charge in [-0.1, -0.05) is 18.2 Å². The van der Waals surface area contributed by atoms with Crippen LogP contribution >= 0.6 is 0 Å². The molecule has 108 valence electrons.